The van der Waals surface area contributed by atoms with Crippen LogP contribution in [-0.4, -0.2) is 55.1 Å². The largest absolute Gasteiger partial charge is 0.352 e. The lowest BCUT2D eigenvalue weighted by molar-refractivity contribution is -0.141. The predicted octanol–water partition coefficient (Wildman–Crippen LogP) is 6.20. The maximum absolute atomic E-state index is 14.2. The van der Waals surface area contributed by atoms with Crippen molar-refractivity contribution < 1.29 is 18.0 Å². The molecule has 0 heterocycles. The molecule has 4 aromatic carbocycles. The average Bonchev–Trinajstić information content (AvgIpc) is 3.04. The molecule has 0 aliphatic heterocycles. The standard InChI is InChI=1S/C35H38ClN3O4S/c1-38(44(42,43)31-21-20-27-14-8-9-15-28(27)23-31)25-34(40)39(24-29-16-10-11-19-32(29)36)33(22-26-12-4-2-5-13-26)35(41)37-30-17-6-3-7-18-30/h2,4-5,8-16,19-21,23,30,33H,3,6-7,17-18,22,24-25H2,1H3,(H,37,41)/t33-/m0/s1. The van der Waals surface area contributed by atoms with Crippen LogP contribution in [0.25, 0.3) is 10.8 Å². The van der Waals surface area contributed by atoms with Gasteiger partial charge in [0.05, 0.1) is 11.4 Å². The van der Waals surface area contributed by atoms with Crippen molar-refractivity contribution in [3.8, 4) is 0 Å². The Morgan fingerprint density at radius 1 is 0.864 bits per heavy atom. The van der Waals surface area contributed by atoms with Gasteiger partial charge in [-0.25, -0.2) is 8.42 Å². The molecule has 0 aromatic heterocycles. The van der Waals surface area contributed by atoms with E-state index in [1.54, 1.807) is 30.3 Å². The molecule has 4 aromatic rings. The fourth-order valence-electron chi connectivity index (χ4n) is 5.78. The quantitative estimate of drug-likeness (QED) is 0.213. The number of sulfonamides is 1. The van der Waals surface area contributed by atoms with E-state index in [0.717, 1.165) is 52.7 Å². The van der Waals surface area contributed by atoms with Crippen LogP contribution in [0.5, 0.6) is 0 Å². The first kappa shape index (κ1) is 31.7. The first-order chi connectivity index (χ1) is 21.2. The van der Waals surface area contributed by atoms with Crippen LogP contribution in [-0.2, 0) is 32.6 Å². The lowest BCUT2D eigenvalue weighted by atomic mass is 9.94. The fourth-order valence-corrected chi connectivity index (χ4v) is 7.13. The van der Waals surface area contributed by atoms with Gasteiger partial charge in [0.25, 0.3) is 0 Å². The van der Waals surface area contributed by atoms with Gasteiger partial charge in [-0.2, -0.15) is 4.31 Å². The van der Waals surface area contributed by atoms with E-state index in [4.69, 9.17) is 11.6 Å². The van der Waals surface area contributed by atoms with Gasteiger partial charge in [-0.05, 0) is 52.9 Å². The highest BCUT2D eigenvalue weighted by Gasteiger charge is 2.34. The van der Waals surface area contributed by atoms with Crippen molar-refractivity contribution >= 4 is 44.2 Å². The van der Waals surface area contributed by atoms with Crippen molar-refractivity contribution in [2.75, 3.05) is 13.6 Å². The zero-order valence-corrected chi connectivity index (χ0v) is 26.4. The highest BCUT2D eigenvalue weighted by Crippen LogP contribution is 2.24. The minimum atomic E-state index is -4.01. The van der Waals surface area contributed by atoms with Crippen molar-refractivity contribution in [3.63, 3.8) is 0 Å². The van der Waals surface area contributed by atoms with Crippen LogP contribution in [0, 0.1) is 0 Å². The summed E-state index contributed by atoms with van der Waals surface area (Å²) >= 11 is 6.53. The Hall–Kier alpha value is -3.72. The van der Waals surface area contributed by atoms with Crippen LogP contribution in [0.3, 0.4) is 0 Å². The van der Waals surface area contributed by atoms with E-state index in [1.165, 1.54) is 11.9 Å². The molecule has 0 bridgehead atoms. The number of hydrogen-bond acceptors (Lipinski definition) is 4. The molecule has 44 heavy (non-hydrogen) atoms. The van der Waals surface area contributed by atoms with Gasteiger partial charge in [0, 0.05) is 31.1 Å². The molecule has 0 radical (unpaired) electrons. The highest BCUT2D eigenvalue weighted by molar-refractivity contribution is 7.89. The van der Waals surface area contributed by atoms with Crippen LogP contribution >= 0.6 is 11.6 Å². The van der Waals surface area contributed by atoms with Crippen LogP contribution < -0.4 is 5.32 Å². The summed E-state index contributed by atoms with van der Waals surface area (Å²) in [5.74, 6) is -0.738. The number of hydrogen-bond donors (Lipinski definition) is 1. The molecule has 1 aliphatic carbocycles. The summed E-state index contributed by atoms with van der Waals surface area (Å²) in [5.41, 5.74) is 1.57. The number of likely N-dealkylation sites (N-methyl/N-ethyl adjacent to an activating group) is 1. The van der Waals surface area contributed by atoms with Gasteiger partial charge >= 0.3 is 0 Å². The molecule has 2 amide bonds. The summed E-state index contributed by atoms with van der Waals surface area (Å²) in [4.78, 5) is 29.8. The van der Waals surface area contributed by atoms with E-state index in [9.17, 15) is 18.0 Å². The molecule has 1 aliphatic rings. The Bertz CT molecular complexity index is 1710. The van der Waals surface area contributed by atoms with Gasteiger partial charge < -0.3 is 10.2 Å². The van der Waals surface area contributed by atoms with E-state index >= 15 is 0 Å². The first-order valence-corrected chi connectivity index (χ1v) is 16.9. The maximum Gasteiger partial charge on any atom is 0.243 e. The Kier molecular flexibility index (Phi) is 10.4. The molecule has 1 saturated carbocycles. The van der Waals surface area contributed by atoms with Crippen LogP contribution in [0.15, 0.2) is 102 Å². The summed E-state index contributed by atoms with van der Waals surface area (Å²) in [6, 6.07) is 28.3. The molecular weight excluding hydrogens is 594 g/mol. The summed E-state index contributed by atoms with van der Waals surface area (Å²) < 4.78 is 28.4. The van der Waals surface area contributed by atoms with Gasteiger partial charge in [-0.3, -0.25) is 9.59 Å². The zero-order valence-electron chi connectivity index (χ0n) is 24.9. The Morgan fingerprint density at radius 2 is 1.52 bits per heavy atom. The SMILES string of the molecule is CN(CC(=O)N(Cc1ccccc1Cl)[C@@H](Cc1ccccc1)C(=O)NC1CCCCC1)S(=O)(=O)c1ccc2ccccc2c1. The van der Waals surface area contributed by atoms with Gasteiger partial charge in [0.2, 0.25) is 21.8 Å². The molecule has 5 rings (SSSR count). The molecular formula is C35H38ClN3O4S. The molecule has 0 saturated heterocycles. The summed E-state index contributed by atoms with van der Waals surface area (Å²) in [7, 11) is -2.62. The number of fused-ring (bicyclic) bond motifs is 1. The second-order valence-electron chi connectivity index (χ2n) is 11.4. The highest BCUT2D eigenvalue weighted by atomic mass is 35.5. The van der Waals surface area contributed by atoms with Gasteiger partial charge in [0.1, 0.15) is 6.04 Å². The molecule has 1 atom stereocenters. The summed E-state index contributed by atoms with van der Waals surface area (Å²) in [6.45, 7) is -0.389. The Labute approximate surface area is 264 Å². The predicted molar refractivity (Wildman–Crippen MR) is 175 cm³/mol. The second-order valence-corrected chi connectivity index (χ2v) is 13.9. The number of halogens is 1. The number of carbonyl (C=O) groups excluding carboxylic acids is 2. The Balaban J connectivity index is 1.46. The number of nitrogens with one attached hydrogen (secondary N) is 1. The van der Waals surface area contributed by atoms with Crippen molar-refractivity contribution in [3.05, 3.63) is 113 Å². The topological polar surface area (TPSA) is 86.8 Å². The summed E-state index contributed by atoms with van der Waals surface area (Å²) in [6.07, 6.45) is 5.32. The van der Waals surface area contributed by atoms with Crippen molar-refractivity contribution in [2.45, 2.75) is 62.0 Å². The van der Waals surface area contributed by atoms with E-state index in [1.807, 2.05) is 66.7 Å². The third-order valence-electron chi connectivity index (χ3n) is 8.31. The minimum Gasteiger partial charge on any atom is -0.352 e. The minimum absolute atomic E-state index is 0.0442. The molecule has 1 fully saturated rings. The second kappa shape index (κ2) is 14.4. The number of nitrogens with zero attached hydrogens (tertiary/aromatic N) is 2. The lowest BCUT2D eigenvalue weighted by Gasteiger charge is -2.34. The van der Waals surface area contributed by atoms with Gasteiger partial charge in [-0.15, -0.1) is 0 Å². The third-order valence-corrected chi connectivity index (χ3v) is 10.5. The van der Waals surface area contributed by atoms with E-state index in [0.29, 0.717) is 10.6 Å². The van der Waals surface area contributed by atoms with Crippen molar-refractivity contribution in [1.29, 1.82) is 0 Å². The van der Waals surface area contributed by atoms with Crippen LogP contribution in [0.1, 0.15) is 43.2 Å². The normalized spacial score (nSPS) is 14.8. The van der Waals surface area contributed by atoms with Gasteiger partial charge in [-0.1, -0.05) is 110 Å². The average molecular weight is 632 g/mol. The molecule has 1 N–H and O–H groups in total. The molecule has 0 unspecified atom stereocenters. The van der Waals surface area contributed by atoms with E-state index in [-0.39, 0.29) is 29.8 Å². The summed E-state index contributed by atoms with van der Waals surface area (Å²) in [5, 5.41) is 5.38. The zero-order chi connectivity index (χ0) is 31.1. The molecule has 0 spiro atoms. The fraction of sp³-hybridized carbons (Fsp3) is 0.314. The number of benzene rings is 4. The van der Waals surface area contributed by atoms with Crippen LogP contribution in [0.4, 0.5) is 0 Å². The maximum atomic E-state index is 14.2. The number of carbonyl (C=O) groups is 2. The van der Waals surface area contributed by atoms with E-state index in [2.05, 4.69) is 5.32 Å². The van der Waals surface area contributed by atoms with Crippen molar-refractivity contribution in [1.82, 2.24) is 14.5 Å². The van der Waals surface area contributed by atoms with E-state index < -0.39 is 28.5 Å². The molecule has 7 nitrogen and oxygen atoms in total. The molecule has 230 valence electrons. The Morgan fingerprint density at radius 3 is 2.25 bits per heavy atom. The number of amides is 2. The lowest BCUT2D eigenvalue weighted by Crippen LogP contribution is -2.54. The van der Waals surface area contributed by atoms with Gasteiger partial charge in [0.15, 0.2) is 0 Å². The first-order valence-electron chi connectivity index (χ1n) is 15.0. The number of rotatable bonds is 11. The van der Waals surface area contributed by atoms with Crippen LogP contribution in [0.2, 0.25) is 5.02 Å². The molecule has 9 heteroatoms. The smallest absolute Gasteiger partial charge is 0.243 e. The monoisotopic (exact) mass is 631 g/mol. The van der Waals surface area contributed by atoms with Crippen molar-refractivity contribution in [2.24, 2.45) is 0 Å². The third kappa shape index (κ3) is 7.67.